The molecule has 264 valence electrons. The molecule has 2 saturated heterocycles. The number of carbonyl (C=O) groups excluding carboxylic acids is 2. The summed E-state index contributed by atoms with van der Waals surface area (Å²) in [5.74, 6) is 1.38. The Labute approximate surface area is 297 Å². The molecule has 0 amide bonds. The minimum atomic E-state index is -1.21. The Kier molecular flexibility index (Phi) is 5.91. The zero-order chi connectivity index (χ0) is 36.0. The van der Waals surface area contributed by atoms with Gasteiger partial charge in [-0.25, -0.2) is 0 Å². The molecule has 6 heteroatoms. The van der Waals surface area contributed by atoms with Crippen molar-refractivity contribution in [1.82, 2.24) is 0 Å². The lowest BCUT2D eigenvalue weighted by Gasteiger charge is -2.37. The Bertz CT molecular complexity index is 1870. The second-order valence-corrected chi connectivity index (χ2v) is 20.6. The predicted molar refractivity (Wildman–Crippen MR) is 192 cm³/mol. The normalized spacial score (nSPS) is 34.9. The van der Waals surface area contributed by atoms with Crippen molar-refractivity contribution in [3.63, 3.8) is 0 Å². The highest BCUT2D eigenvalue weighted by molar-refractivity contribution is 6.05. The summed E-state index contributed by atoms with van der Waals surface area (Å²) in [6.07, 6.45) is 5.05. The summed E-state index contributed by atoms with van der Waals surface area (Å²) < 4.78 is 27.6. The van der Waals surface area contributed by atoms with Crippen LogP contribution >= 0.6 is 0 Å². The van der Waals surface area contributed by atoms with Gasteiger partial charge < -0.3 is 18.9 Å². The van der Waals surface area contributed by atoms with Gasteiger partial charge in [0.25, 0.3) is 0 Å². The van der Waals surface area contributed by atoms with Crippen LogP contribution in [0.2, 0.25) is 0 Å². The number of epoxide rings is 2. The van der Waals surface area contributed by atoms with Gasteiger partial charge in [0, 0.05) is 25.7 Å². The molecule has 2 aliphatic carbocycles. The average Bonchev–Trinajstić information content (AvgIpc) is 3.79. The van der Waals surface area contributed by atoms with Crippen LogP contribution in [-0.4, -0.2) is 46.2 Å². The van der Waals surface area contributed by atoms with Crippen LogP contribution in [0.3, 0.4) is 0 Å². The molecule has 2 aromatic carbocycles. The summed E-state index contributed by atoms with van der Waals surface area (Å²) in [4.78, 5) is 30.5. The van der Waals surface area contributed by atoms with Crippen molar-refractivity contribution in [2.75, 3.05) is 0 Å². The van der Waals surface area contributed by atoms with Gasteiger partial charge in [-0.3, -0.25) is 9.59 Å². The van der Waals surface area contributed by atoms with Gasteiger partial charge in [0.1, 0.15) is 23.7 Å². The topological polar surface area (TPSA) is 77.7 Å². The fourth-order valence-electron chi connectivity index (χ4n) is 9.62. The van der Waals surface area contributed by atoms with Gasteiger partial charge >= 0.3 is 0 Å². The van der Waals surface area contributed by atoms with Gasteiger partial charge in [0.05, 0.1) is 0 Å². The molecule has 0 radical (unpaired) electrons. The van der Waals surface area contributed by atoms with Crippen LogP contribution in [0.5, 0.6) is 11.5 Å². The molecular weight excluding hydrogens is 624 g/mol. The van der Waals surface area contributed by atoms with Gasteiger partial charge in [-0.1, -0.05) is 107 Å². The third kappa shape index (κ3) is 4.21. The van der Waals surface area contributed by atoms with E-state index in [0.717, 1.165) is 44.5 Å². The zero-order valence-corrected chi connectivity index (χ0v) is 31.9. The average molecular weight is 677 g/mol. The summed E-state index contributed by atoms with van der Waals surface area (Å²) in [6.45, 7) is 26.4. The highest BCUT2D eigenvalue weighted by Gasteiger charge is 2.76. The lowest BCUT2D eigenvalue weighted by molar-refractivity contribution is -0.136. The number of Topliss-reactive ketones (excluding diaryl/α,β-unsaturated/α-hetero) is 2. The fourth-order valence-corrected chi connectivity index (χ4v) is 9.62. The van der Waals surface area contributed by atoms with E-state index in [2.05, 4.69) is 120 Å². The lowest BCUT2D eigenvalue weighted by atomic mass is 9.67. The Morgan fingerprint density at radius 1 is 0.500 bits per heavy atom. The number of ketones is 2. The second-order valence-electron chi connectivity index (χ2n) is 20.6. The molecule has 2 aromatic rings. The van der Waals surface area contributed by atoms with Crippen molar-refractivity contribution >= 4 is 11.6 Å². The first-order valence-corrected chi connectivity index (χ1v) is 18.6. The first-order chi connectivity index (χ1) is 22.9. The zero-order valence-electron chi connectivity index (χ0n) is 31.9. The Balaban J connectivity index is 1.33. The van der Waals surface area contributed by atoms with Crippen LogP contribution in [-0.2, 0) is 55.6 Å². The van der Waals surface area contributed by atoms with E-state index in [4.69, 9.17) is 18.9 Å². The molecule has 4 spiro atoms. The number of benzene rings is 2. The molecule has 5 heterocycles. The van der Waals surface area contributed by atoms with Gasteiger partial charge in [0.15, 0.2) is 22.4 Å². The Morgan fingerprint density at radius 3 is 1.12 bits per heavy atom. The molecular formula is C44H52O6. The maximum atomic E-state index is 15.2. The maximum absolute atomic E-state index is 15.2. The summed E-state index contributed by atoms with van der Waals surface area (Å²) in [6, 6.07) is 8.82. The van der Waals surface area contributed by atoms with E-state index in [1.54, 1.807) is 0 Å². The Hall–Kier alpha value is -3.22. The number of rotatable bonds is 0. The highest BCUT2D eigenvalue weighted by Crippen LogP contribution is 2.62. The molecule has 50 heavy (non-hydrogen) atoms. The van der Waals surface area contributed by atoms with Crippen LogP contribution in [0.1, 0.15) is 116 Å². The van der Waals surface area contributed by atoms with E-state index in [1.807, 2.05) is 0 Å². The molecule has 0 N–H and O–H groups in total. The monoisotopic (exact) mass is 676 g/mol. The summed E-state index contributed by atoms with van der Waals surface area (Å²) in [5.41, 5.74) is 2.93. The number of hydrogen-bond donors (Lipinski definition) is 0. The minimum absolute atomic E-state index is 0.0213. The maximum Gasteiger partial charge on any atom is 0.215 e. The standard InChI is InChI=1S/C44H52O6/c1-37(2,3)27-13-23-17-41-21-29(39(7,8)9)34-44(50-34,35(41)45)20-26-16-28(38(4,5)6)14-24-18-42(48-32(24)26)22-30(40(10,11)12)33-43(49-33,36(42)46)19-25(15-27)31(23)47-41/h13-16,21-22,33-34H,17-20H2,1-12H3/t33-,34+,41+,42-,43-,44+. The molecule has 6 atom stereocenters. The first kappa shape index (κ1) is 32.7. The van der Waals surface area contributed by atoms with Crippen LogP contribution in [0, 0.1) is 10.8 Å². The van der Waals surface area contributed by atoms with Gasteiger partial charge in [-0.15, -0.1) is 0 Å². The number of carbonyl (C=O) groups is 2. The van der Waals surface area contributed by atoms with Crippen LogP contribution in [0.25, 0.3) is 0 Å². The van der Waals surface area contributed by atoms with E-state index in [-0.39, 0.29) is 45.4 Å². The highest BCUT2D eigenvalue weighted by atomic mass is 16.6. The van der Waals surface area contributed by atoms with Crippen molar-refractivity contribution in [3.8, 4) is 11.5 Å². The summed E-state index contributed by atoms with van der Waals surface area (Å²) >= 11 is 0. The minimum Gasteiger partial charge on any atom is -0.474 e. The van der Waals surface area contributed by atoms with Crippen LogP contribution < -0.4 is 9.47 Å². The Morgan fingerprint density at radius 2 is 0.820 bits per heavy atom. The van der Waals surface area contributed by atoms with Gasteiger partial charge in [-0.2, -0.15) is 0 Å². The number of hydrogen-bond acceptors (Lipinski definition) is 6. The first-order valence-electron chi connectivity index (χ1n) is 18.6. The van der Waals surface area contributed by atoms with E-state index in [0.29, 0.717) is 37.2 Å². The molecule has 0 saturated carbocycles. The largest absolute Gasteiger partial charge is 0.474 e. The molecule has 7 aliphatic rings. The van der Waals surface area contributed by atoms with Crippen molar-refractivity contribution < 1.29 is 28.5 Å². The van der Waals surface area contributed by atoms with Crippen molar-refractivity contribution in [2.45, 2.75) is 154 Å². The molecule has 5 aliphatic heterocycles. The van der Waals surface area contributed by atoms with Crippen molar-refractivity contribution in [2.24, 2.45) is 10.8 Å². The second kappa shape index (κ2) is 9.04. The molecule has 0 unspecified atom stereocenters. The molecule has 6 bridgehead atoms. The molecule has 2 fully saturated rings. The van der Waals surface area contributed by atoms with E-state index in [1.165, 1.54) is 0 Å². The van der Waals surface area contributed by atoms with Crippen molar-refractivity contribution in [3.05, 3.63) is 80.9 Å². The summed E-state index contributed by atoms with van der Waals surface area (Å²) in [7, 11) is 0. The van der Waals surface area contributed by atoms with E-state index in [9.17, 15) is 0 Å². The lowest BCUT2D eigenvalue weighted by Crippen LogP contribution is -2.55. The van der Waals surface area contributed by atoms with Gasteiger partial charge in [-0.05, 0) is 78.3 Å². The van der Waals surface area contributed by atoms with Gasteiger partial charge in [0.2, 0.25) is 11.6 Å². The van der Waals surface area contributed by atoms with Crippen LogP contribution in [0.4, 0.5) is 0 Å². The van der Waals surface area contributed by atoms with Crippen molar-refractivity contribution in [1.29, 1.82) is 0 Å². The third-order valence-corrected chi connectivity index (χ3v) is 12.6. The fraction of sp³-hybridized carbons (Fsp3) is 0.591. The van der Waals surface area contributed by atoms with E-state index >= 15 is 9.59 Å². The van der Waals surface area contributed by atoms with E-state index < -0.39 is 22.4 Å². The molecule has 6 nitrogen and oxygen atoms in total. The SMILES string of the molecule is CC(C)(C)C1=C[C@@]23Cc4cc(C(C)(C)C)cc(c4O2)C[C@]24O[C@H]2C(C(C)(C)C)=C[C@@]2(Cc5cc(C(C)(C)C)cc(c5O2)C[C@]2(O[C@H]12)C3=O)C4=O. The molecule has 9 rings (SSSR count). The summed E-state index contributed by atoms with van der Waals surface area (Å²) in [5, 5.41) is 0. The smallest absolute Gasteiger partial charge is 0.215 e. The molecule has 0 aromatic heterocycles. The van der Waals surface area contributed by atoms with Crippen LogP contribution in [0.15, 0.2) is 47.6 Å². The quantitative estimate of drug-likeness (QED) is 0.209. The third-order valence-electron chi connectivity index (χ3n) is 12.6. The predicted octanol–water partition coefficient (Wildman–Crippen LogP) is 7.81. The number of ether oxygens (including phenoxy) is 4.